The van der Waals surface area contributed by atoms with Crippen LogP contribution < -0.4 is 29.6 Å². The van der Waals surface area contributed by atoms with Crippen molar-refractivity contribution in [2.45, 2.75) is 24.7 Å². The molecule has 2 N–H and O–H groups in total. The van der Waals surface area contributed by atoms with Gasteiger partial charge in [-0.15, -0.1) is 0 Å². The third-order valence-electron chi connectivity index (χ3n) is 2.38. The second-order valence-corrected chi connectivity index (χ2v) is 5.81. The Labute approximate surface area is 138 Å². The van der Waals surface area contributed by atoms with Gasteiger partial charge in [0.15, 0.2) is 0 Å². The summed E-state index contributed by atoms with van der Waals surface area (Å²) in [6.45, 7) is -0.539. The van der Waals surface area contributed by atoms with E-state index in [1.165, 1.54) is 7.11 Å². The first-order chi connectivity index (χ1) is 8.62. The molecule has 0 unspecified atom stereocenters. The van der Waals surface area contributed by atoms with Gasteiger partial charge in [-0.25, -0.2) is 8.37 Å². The molecule has 0 radical (unpaired) electrons. The fourth-order valence-corrected chi connectivity index (χ4v) is 2.48. The van der Waals surface area contributed by atoms with Gasteiger partial charge in [-0.1, -0.05) is 0 Å². The van der Waals surface area contributed by atoms with Crippen LogP contribution in [-0.4, -0.2) is 64.6 Å². The van der Waals surface area contributed by atoms with Crippen LogP contribution in [0.4, 0.5) is 0 Å². The summed E-state index contributed by atoms with van der Waals surface area (Å²) in [6, 6.07) is 0. The van der Waals surface area contributed by atoms with Crippen LogP contribution in [0.3, 0.4) is 0 Å². The number of hydrogen-bond acceptors (Lipinski definition) is 8. The molecule has 114 valence electrons. The number of hydrogen-bond donors (Lipinski definition) is 2. The summed E-state index contributed by atoms with van der Waals surface area (Å²) >= 11 is 0. The fraction of sp³-hybridized carbons (Fsp3) is 1.00. The molecule has 10 nitrogen and oxygen atoms in total. The Hall–Kier alpha value is 0.660. The minimum absolute atomic E-state index is 0. The zero-order valence-corrected chi connectivity index (χ0v) is 14.5. The minimum Gasteiger partial charge on any atom is -0.379 e. The zero-order valence-electron chi connectivity index (χ0n) is 10.8. The van der Waals surface area contributed by atoms with E-state index in [1.54, 1.807) is 0 Å². The Kier molecular flexibility index (Phi) is 8.61. The number of rotatable bonds is 6. The van der Waals surface area contributed by atoms with Crippen molar-refractivity contribution in [2.24, 2.45) is 0 Å². The first-order valence-electron chi connectivity index (χ1n) is 5.04. The molecule has 0 aromatic rings. The van der Waals surface area contributed by atoms with E-state index in [9.17, 15) is 16.8 Å². The maximum absolute atomic E-state index is 10.7. The Morgan fingerprint density at radius 2 is 1.80 bits per heavy atom. The van der Waals surface area contributed by atoms with E-state index in [-0.39, 0.29) is 42.6 Å². The van der Waals surface area contributed by atoms with Crippen LogP contribution in [0.25, 0.3) is 0 Å². The maximum Gasteiger partial charge on any atom is 1.00 e. The molecule has 1 aliphatic rings. The monoisotopic (exact) mass is 345 g/mol. The van der Waals surface area contributed by atoms with Crippen molar-refractivity contribution >= 4 is 20.8 Å². The van der Waals surface area contributed by atoms with Gasteiger partial charge < -0.3 is 9.47 Å². The summed E-state index contributed by atoms with van der Waals surface area (Å²) in [4.78, 5) is 0. The van der Waals surface area contributed by atoms with Crippen LogP contribution in [0.1, 0.15) is 6.42 Å². The second kappa shape index (κ2) is 8.33. The molecule has 20 heavy (non-hydrogen) atoms. The molecule has 0 aliphatic carbocycles. The molecule has 0 spiro atoms. The first-order valence-corrected chi connectivity index (χ1v) is 7.77. The van der Waals surface area contributed by atoms with Crippen molar-refractivity contribution in [1.29, 1.82) is 0 Å². The summed E-state index contributed by atoms with van der Waals surface area (Å²) < 4.78 is 78.0. The van der Waals surface area contributed by atoms with E-state index in [2.05, 4.69) is 8.37 Å². The van der Waals surface area contributed by atoms with Crippen molar-refractivity contribution in [3.05, 3.63) is 0 Å². The molecule has 0 aromatic carbocycles. The molecule has 13 heteroatoms. The quantitative estimate of drug-likeness (QED) is 0.359. The van der Waals surface area contributed by atoms with Gasteiger partial charge >= 0.3 is 50.4 Å². The molecule has 1 rings (SSSR count). The van der Waals surface area contributed by atoms with E-state index in [1.807, 2.05) is 0 Å². The molecule has 0 saturated carbocycles. The van der Waals surface area contributed by atoms with Crippen molar-refractivity contribution < 1.29 is 73.3 Å². The van der Waals surface area contributed by atoms with E-state index in [4.69, 9.17) is 18.6 Å². The molecule has 0 aromatic heterocycles. The van der Waals surface area contributed by atoms with Crippen LogP contribution >= 0.6 is 0 Å². The summed E-state index contributed by atoms with van der Waals surface area (Å²) in [6.07, 6.45) is -2.91. The molecular formula is C7H14NaO10S2+. The average Bonchev–Trinajstić information content (AvgIpc) is 2.24. The fourth-order valence-electron chi connectivity index (χ4n) is 1.65. The molecule has 1 fully saturated rings. The Morgan fingerprint density at radius 3 is 2.25 bits per heavy atom. The van der Waals surface area contributed by atoms with Crippen LogP contribution in [-0.2, 0) is 38.6 Å². The SMILES string of the molecule is CO[C@@H]1CCO[C@H](COS(=O)(=O)O)[C@H]1OS(=O)(=O)O.[Na+]. The van der Waals surface area contributed by atoms with Crippen LogP contribution in [0.15, 0.2) is 0 Å². The predicted molar refractivity (Wildman–Crippen MR) is 59.1 cm³/mol. The van der Waals surface area contributed by atoms with Gasteiger partial charge in [0.2, 0.25) is 0 Å². The van der Waals surface area contributed by atoms with Crippen molar-refractivity contribution in [2.75, 3.05) is 20.3 Å². The van der Waals surface area contributed by atoms with Gasteiger partial charge in [-0.05, 0) is 6.42 Å². The van der Waals surface area contributed by atoms with Gasteiger partial charge in [-0.3, -0.25) is 9.11 Å². The molecule has 0 bridgehead atoms. The first kappa shape index (κ1) is 20.7. The van der Waals surface area contributed by atoms with Gasteiger partial charge in [-0.2, -0.15) is 16.8 Å². The molecule has 1 aliphatic heterocycles. The van der Waals surface area contributed by atoms with E-state index in [0.29, 0.717) is 0 Å². The molecule has 1 heterocycles. The summed E-state index contributed by atoms with van der Waals surface area (Å²) in [5.41, 5.74) is 0. The Bertz CT molecular complexity index is 488. The Morgan fingerprint density at radius 1 is 1.20 bits per heavy atom. The maximum atomic E-state index is 10.7. The topological polar surface area (TPSA) is 146 Å². The van der Waals surface area contributed by atoms with Gasteiger partial charge in [0.05, 0.1) is 12.7 Å². The molecular weight excluding hydrogens is 331 g/mol. The summed E-state index contributed by atoms with van der Waals surface area (Å²) in [5.74, 6) is 0. The average molecular weight is 345 g/mol. The van der Waals surface area contributed by atoms with Crippen molar-refractivity contribution in [3.8, 4) is 0 Å². The largest absolute Gasteiger partial charge is 1.00 e. The smallest absolute Gasteiger partial charge is 0.379 e. The van der Waals surface area contributed by atoms with Crippen molar-refractivity contribution in [3.63, 3.8) is 0 Å². The third-order valence-corrected chi connectivity index (χ3v) is 3.28. The van der Waals surface area contributed by atoms with Gasteiger partial charge in [0.25, 0.3) is 0 Å². The normalized spacial score (nSPS) is 27.9. The molecule has 3 atom stereocenters. The van der Waals surface area contributed by atoms with Crippen LogP contribution in [0.2, 0.25) is 0 Å². The van der Waals surface area contributed by atoms with Gasteiger partial charge in [0.1, 0.15) is 12.2 Å². The standard InChI is InChI=1S/C7H14O10S2.Na/c1-14-5-2-3-15-6(4-16-18(8,9)10)7(5)17-19(11,12)13;/h5-7H,2-4H2,1H3,(H,8,9,10)(H,11,12,13);/q;+1/t5-,6-,7+;/m1./s1. The number of ether oxygens (including phenoxy) is 2. The summed E-state index contributed by atoms with van der Waals surface area (Å²) in [7, 11) is -8.20. The minimum atomic E-state index is -4.78. The van der Waals surface area contributed by atoms with Crippen molar-refractivity contribution in [1.82, 2.24) is 0 Å². The van der Waals surface area contributed by atoms with Gasteiger partial charge in [0, 0.05) is 13.7 Å². The second-order valence-electron chi connectivity index (χ2n) is 3.67. The van der Waals surface area contributed by atoms with Crippen LogP contribution in [0.5, 0.6) is 0 Å². The van der Waals surface area contributed by atoms with Crippen LogP contribution in [0, 0.1) is 0 Å². The summed E-state index contributed by atoms with van der Waals surface area (Å²) in [5, 5.41) is 0. The predicted octanol–water partition coefficient (Wildman–Crippen LogP) is -4.20. The van der Waals surface area contributed by atoms with E-state index < -0.39 is 45.7 Å². The zero-order chi connectivity index (χ0) is 14.7. The molecule has 0 amide bonds. The Balaban J connectivity index is 0.00000361. The number of methoxy groups -OCH3 is 1. The van der Waals surface area contributed by atoms with E-state index in [0.717, 1.165) is 0 Å². The van der Waals surface area contributed by atoms with E-state index >= 15 is 0 Å². The third kappa shape index (κ3) is 7.61. The molecule has 1 saturated heterocycles.